The molecule has 1 atom stereocenters. The largest absolute Gasteiger partial charge is 0.371 e. The Morgan fingerprint density at radius 1 is 1.10 bits per heavy atom. The Hall–Kier alpha value is -2.52. The van der Waals surface area contributed by atoms with Crippen LogP contribution in [0.2, 0.25) is 0 Å². The van der Waals surface area contributed by atoms with Gasteiger partial charge in [-0.2, -0.15) is 0 Å². The number of nitrogens with one attached hydrogen (secondary N) is 1. The summed E-state index contributed by atoms with van der Waals surface area (Å²) in [6, 6.07) is 10.1. The number of anilines is 2. The first-order valence-electron chi connectivity index (χ1n) is 10.8. The summed E-state index contributed by atoms with van der Waals surface area (Å²) in [6.07, 6.45) is 9.28. The number of amides is 1. The Morgan fingerprint density at radius 2 is 1.83 bits per heavy atom. The Labute approximate surface area is 184 Å². The number of carbonyl (C=O) groups excluding carboxylic acids is 1. The quantitative estimate of drug-likeness (QED) is 0.601. The van der Waals surface area contributed by atoms with Crippen LogP contribution in [-0.2, 0) is 0 Å². The van der Waals surface area contributed by atoms with E-state index >= 15 is 0 Å². The first kappa shape index (κ1) is 20.7. The van der Waals surface area contributed by atoms with E-state index in [-0.39, 0.29) is 11.8 Å². The summed E-state index contributed by atoms with van der Waals surface area (Å²) in [5, 5.41) is 4.00. The SMILES string of the molecule is Cc1cc(C)c(N2CCCC2)c(C)c1NC(=O)c1ccccc1C1C=CC(Cl)=CC1. The normalized spacial score (nSPS) is 18.5. The number of nitrogens with zero attached hydrogens (tertiary/aromatic N) is 1. The van der Waals surface area contributed by atoms with Gasteiger partial charge in [0.05, 0.1) is 0 Å². The van der Waals surface area contributed by atoms with Gasteiger partial charge in [-0.3, -0.25) is 4.79 Å². The molecule has 1 aliphatic heterocycles. The van der Waals surface area contributed by atoms with Crippen LogP contribution in [0, 0.1) is 20.8 Å². The van der Waals surface area contributed by atoms with Gasteiger partial charge in [0.25, 0.3) is 5.91 Å². The molecule has 2 aromatic carbocycles. The minimum atomic E-state index is -0.0536. The highest BCUT2D eigenvalue weighted by Crippen LogP contribution is 2.36. The van der Waals surface area contributed by atoms with E-state index in [1.807, 2.05) is 36.4 Å². The molecular formula is C26H29ClN2O. The predicted octanol–water partition coefficient (Wildman–Crippen LogP) is 6.63. The molecule has 0 radical (unpaired) electrons. The van der Waals surface area contributed by atoms with Crippen molar-refractivity contribution in [2.24, 2.45) is 0 Å². The van der Waals surface area contributed by atoms with Crippen molar-refractivity contribution in [1.29, 1.82) is 0 Å². The van der Waals surface area contributed by atoms with Crippen LogP contribution in [0.1, 0.15) is 57.8 Å². The molecule has 0 spiro atoms. The number of hydrogen-bond acceptors (Lipinski definition) is 2. The zero-order chi connectivity index (χ0) is 21.3. The van der Waals surface area contributed by atoms with Crippen LogP contribution in [0.3, 0.4) is 0 Å². The predicted molar refractivity (Wildman–Crippen MR) is 127 cm³/mol. The van der Waals surface area contributed by atoms with Gasteiger partial charge in [-0.25, -0.2) is 0 Å². The third-order valence-corrected chi connectivity index (χ3v) is 6.53. The highest BCUT2D eigenvalue weighted by atomic mass is 35.5. The lowest BCUT2D eigenvalue weighted by molar-refractivity contribution is 0.102. The molecule has 1 fully saturated rings. The molecule has 1 saturated heterocycles. The van der Waals surface area contributed by atoms with Crippen LogP contribution in [0.5, 0.6) is 0 Å². The zero-order valence-electron chi connectivity index (χ0n) is 18.0. The Balaban J connectivity index is 1.66. The standard InChI is InChI=1S/C26H29ClN2O/c1-17-16-18(2)25(29-14-6-7-15-29)19(3)24(17)28-26(30)23-9-5-4-8-22(23)20-10-12-21(27)13-11-20/h4-5,8-10,12-13,16,20H,6-7,11,14-15H2,1-3H3,(H,28,30). The highest BCUT2D eigenvalue weighted by molar-refractivity contribution is 6.31. The molecule has 156 valence electrons. The van der Waals surface area contributed by atoms with E-state index in [0.29, 0.717) is 0 Å². The highest BCUT2D eigenvalue weighted by Gasteiger charge is 2.23. The molecule has 0 aromatic heterocycles. The summed E-state index contributed by atoms with van der Waals surface area (Å²) < 4.78 is 0. The minimum absolute atomic E-state index is 0.0536. The summed E-state index contributed by atoms with van der Waals surface area (Å²) in [7, 11) is 0. The molecule has 1 aliphatic carbocycles. The third kappa shape index (κ3) is 4.04. The van der Waals surface area contributed by atoms with Gasteiger partial charge in [0.2, 0.25) is 0 Å². The van der Waals surface area contributed by atoms with Crippen LogP contribution < -0.4 is 10.2 Å². The van der Waals surface area contributed by atoms with Crippen molar-refractivity contribution in [2.45, 2.75) is 46.0 Å². The second-order valence-corrected chi connectivity index (χ2v) is 8.82. The molecule has 2 aliphatic rings. The van der Waals surface area contributed by atoms with Crippen LogP contribution in [0.15, 0.2) is 53.6 Å². The number of allylic oxidation sites excluding steroid dienone is 4. The molecule has 1 amide bonds. The van der Waals surface area contributed by atoms with Crippen molar-refractivity contribution in [2.75, 3.05) is 23.3 Å². The van der Waals surface area contributed by atoms with Crippen LogP contribution in [0.4, 0.5) is 11.4 Å². The molecule has 3 nitrogen and oxygen atoms in total. The maximum atomic E-state index is 13.4. The number of hydrogen-bond donors (Lipinski definition) is 1. The van der Waals surface area contributed by atoms with Gasteiger partial charge in [0.15, 0.2) is 0 Å². The smallest absolute Gasteiger partial charge is 0.255 e. The van der Waals surface area contributed by atoms with Crippen molar-refractivity contribution in [3.8, 4) is 0 Å². The first-order chi connectivity index (χ1) is 14.5. The number of benzene rings is 2. The number of rotatable bonds is 4. The summed E-state index contributed by atoms with van der Waals surface area (Å²) in [6.45, 7) is 8.55. The molecule has 30 heavy (non-hydrogen) atoms. The Bertz CT molecular complexity index is 1030. The van der Waals surface area contributed by atoms with Crippen molar-refractivity contribution < 1.29 is 4.79 Å². The number of halogens is 1. The van der Waals surface area contributed by atoms with Crippen molar-refractivity contribution >= 4 is 28.9 Å². The molecule has 4 heteroatoms. The van der Waals surface area contributed by atoms with Gasteiger partial charge in [-0.15, -0.1) is 0 Å². The molecule has 0 saturated carbocycles. The minimum Gasteiger partial charge on any atom is -0.371 e. The van der Waals surface area contributed by atoms with Crippen molar-refractivity contribution in [3.63, 3.8) is 0 Å². The van der Waals surface area contributed by atoms with E-state index in [1.165, 1.54) is 24.1 Å². The van der Waals surface area contributed by atoms with E-state index < -0.39 is 0 Å². The van der Waals surface area contributed by atoms with E-state index in [1.54, 1.807) is 0 Å². The Kier molecular flexibility index (Phi) is 6.01. The van der Waals surface area contributed by atoms with Gasteiger partial charge in [0, 0.05) is 41.0 Å². The van der Waals surface area contributed by atoms with Gasteiger partial charge < -0.3 is 10.2 Å². The fourth-order valence-corrected chi connectivity index (χ4v) is 4.99. The summed E-state index contributed by atoms with van der Waals surface area (Å²) in [4.78, 5) is 15.8. The lowest BCUT2D eigenvalue weighted by Gasteiger charge is -2.26. The fraction of sp³-hybridized carbons (Fsp3) is 0.346. The molecule has 1 heterocycles. The van der Waals surface area contributed by atoms with Gasteiger partial charge in [0.1, 0.15) is 0 Å². The van der Waals surface area contributed by atoms with Gasteiger partial charge >= 0.3 is 0 Å². The molecule has 0 bridgehead atoms. The summed E-state index contributed by atoms with van der Waals surface area (Å²) in [5.74, 6) is 0.108. The fourth-order valence-electron chi connectivity index (χ4n) is 4.83. The second kappa shape index (κ2) is 8.69. The van der Waals surface area contributed by atoms with E-state index in [9.17, 15) is 4.79 Å². The zero-order valence-corrected chi connectivity index (χ0v) is 18.7. The molecule has 1 unspecified atom stereocenters. The molecule has 2 aromatic rings. The Morgan fingerprint density at radius 3 is 2.53 bits per heavy atom. The maximum absolute atomic E-state index is 13.4. The van der Waals surface area contributed by atoms with Gasteiger partial charge in [-0.05, 0) is 74.4 Å². The first-order valence-corrected chi connectivity index (χ1v) is 11.1. The molecular weight excluding hydrogens is 392 g/mol. The van der Waals surface area contributed by atoms with Gasteiger partial charge in [-0.1, -0.05) is 48.0 Å². The number of aryl methyl sites for hydroxylation is 2. The van der Waals surface area contributed by atoms with E-state index in [2.05, 4.69) is 43.1 Å². The lowest BCUT2D eigenvalue weighted by atomic mass is 9.88. The van der Waals surface area contributed by atoms with Crippen LogP contribution in [-0.4, -0.2) is 19.0 Å². The summed E-state index contributed by atoms with van der Waals surface area (Å²) in [5.41, 5.74) is 7.51. The maximum Gasteiger partial charge on any atom is 0.255 e. The lowest BCUT2D eigenvalue weighted by Crippen LogP contribution is -2.22. The topological polar surface area (TPSA) is 32.3 Å². The average molecular weight is 421 g/mol. The van der Waals surface area contributed by atoms with Crippen molar-refractivity contribution in [3.05, 3.63) is 81.4 Å². The van der Waals surface area contributed by atoms with E-state index in [0.717, 1.165) is 52.5 Å². The monoisotopic (exact) mass is 420 g/mol. The second-order valence-electron chi connectivity index (χ2n) is 8.38. The van der Waals surface area contributed by atoms with Crippen LogP contribution in [0.25, 0.3) is 0 Å². The molecule has 4 rings (SSSR count). The average Bonchev–Trinajstić information content (AvgIpc) is 3.26. The third-order valence-electron chi connectivity index (χ3n) is 6.25. The number of carbonyl (C=O) groups is 1. The van der Waals surface area contributed by atoms with Crippen LogP contribution >= 0.6 is 11.6 Å². The van der Waals surface area contributed by atoms with E-state index in [4.69, 9.17) is 11.6 Å². The van der Waals surface area contributed by atoms with Crippen molar-refractivity contribution in [1.82, 2.24) is 0 Å². The molecule has 1 N–H and O–H groups in total. The summed E-state index contributed by atoms with van der Waals surface area (Å²) >= 11 is 6.09.